The molecule has 0 fully saturated rings. The van der Waals surface area contributed by atoms with E-state index in [0.29, 0.717) is 25.4 Å². The molecule has 1 amide bonds. The van der Waals surface area contributed by atoms with E-state index in [-0.39, 0.29) is 17.3 Å². The third-order valence-corrected chi connectivity index (χ3v) is 4.11. The van der Waals surface area contributed by atoms with Gasteiger partial charge in [0.15, 0.2) is 0 Å². The molecule has 1 rings (SSSR count). The van der Waals surface area contributed by atoms with Gasteiger partial charge in [0.05, 0.1) is 18.0 Å². The fourth-order valence-electron chi connectivity index (χ4n) is 1.57. The van der Waals surface area contributed by atoms with Gasteiger partial charge in [0.1, 0.15) is 0 Å². The first-order chi connectivity index (χ1) is 9.99. The SMILES string of the molecule is CCNS(=O)(=O)c1ccc(NC(=O)CNCCOC)cc1. The number of nitrogens with one attached hydrogen (secondary N) is 3. The van der Waals surface area contributed by atoms with Crippen molar-refractivity contribution in [1.29, 1.82) is 0 Å². The van der Waals surface area contributed by atoms with Crippen molar-refractivity contribution in [1.82, 2.24) is 10.0 Å². The molecule has 3 N–H and O–H groups in total. The Morgan fingerprint density at radius 2 is 1.90 bits per heavy atom. The van der Waals surface area contributed by atoms with Crippen molar-refractivity contribution in [2.75, 3.05) is 38.7 Å². The van der Waals surface area contributed by atoms with Gasteiger partial charge in [-0.3, -0.25) is 4.79 Å². The van der Waals surface area contributed by atoms with Crippen LogP contribution < -0.4 is 15.4 Å². The molecule has 0 spiro atoms. The highest BCUT2D eigenvalue weighted by Crippen LogP contribution is 2.13. The molecule has 1 aromatic rings. The smallest absolute Gasteiger partial charge is 0.240 e. The highest BCUT2D eigenvalue weighted by Gasteiger charge is 2.12. The molecule has 0 bridgehead atoms. The number of hydrogen-bond donors (Lipinski definition) is 3. The molecular weight excluding hydrogens is 294 g/mol. The highest BCUT2D eigenvalue weighted by atomic mass is 32.2. The normalized spacial score (nSPS) is 11.3. The molecule has 0 atom stereocenters. The molecule has 8 heteroatoms. The predicted molar refractivity (Wildman–Crippen MR) is 80.7 cm³/mol. The Bertz CT molecular complexity index is 543. The average Bonchev–Trinajstić information content (AvgIpc) is 2.44. The fourth-order valence-corrected chi connectivity index (χ4v) is 2.61. The summed E-state index contributed by atoms with van der Waals surface area (Å²) >= 11 is 0. The summed E-state index contributed by atoms with van der Waals surface area (Å²) in [6.45, 7) is 3.32. The van der Waals surface area contributed by atoms with Crippen LogP contribution in [-0.4, -0.2) is 47.7 Å². The van der Waals surface area contributed by atoms with Crippen LogP contribution in [0.3, 0.4) is 0 Å². The Hall–Kier alpha value is -1.48. The number of carbonyl (C=O) groups is 1. The summed E-state index contributed by atoms with van der Waals surface area (Å²) in [4.78, 5) is 11.8. The van der Waals surface area contributed by atoms with Gasteiger partial charge < -0.3 is 15.4 Å². The number of anilines is 1. The number of amides is 1. The van der Waals surface area contributed by atoms with Crippen LogP contribution in [0, 0.1) is 0 Å². The van der Waals surface area contributed by atoms with Gasteiger partial charge in [0.25, 0.3) is 0 Å². The number of rotatable bonds is 9. The quantitative estimate of drug-likeness (QED) is 0.564. The molecule has 0 unspecified atom stereocenters. The maximum Gasteiger partial charge on any atom is 0.240 e. The second-order valence-electron chi connectivity index (χ2n) is 4.24. The van der Waals surface area contributed by atoms with E-state index < -0.39 is 10.0 Å². The Kier molecular flexibility index (Phi) is 7.30. The van der Waals surface area contributed by atoms with Crippen molar-refractivity contribution < 1.29 is 17.9 Å². The Labute approximate surface area is 125 Å². The minimum Gasteiger partial charge on any atom is -0.383 e. The van der Waals surface area contributed by atoms with Crippen LogP contribution in [0.1, 0.15) is 6.92 Å². The summed E-state index contributed by atoms with van der Waals surface area (Å²) in [5, 5.41) is 5.59. The van der Waals surface area contributed by atoms with Gasteiger partial charge in [-0.1, -0.05) is 6.92 Å². The first kappa shape index (κ1) is 17.6. The molecule has 0 aliphatic heterocycles. The zero-order chi connectivity index (χ0) is 15.7. The van der Waals surface area contributed by atoms with Gasteiger partial charge in [-0.25, -0.2) is 13.1 Å². The monoisotopic (exact) mass is 315 g/mol. The van der Waals surface area contributed by atoms with Crippen molar-refractivity contribution in [3.63, 3.8) is 0 Å². The van der Waals surface area contributed by atoms with Crippen molar-refractivity contribution in [3.8, 4) is 0 Å². The number of benzene rings is 1. The van der Waals surface area contributed by atoms with Crippen LogP contribution >= 0.6 is 0 Å². The third kappa shape index (κ3) is 6.21. The second kappa shape index (κ2) is 8.73. The van der Waals surface area contributed by atoms with Gasteiger partial charge in [-0.15, -0.1) is 0 Å². The lowest BCUT2D eigenvalue weighted by atomic mass is 10.3. The minimum atomic E-state index is -3.47. The third-order valence-electron chi connectivity index (χ3n) is 2.55. The van der Waals surface area contributed by atoms with Crippen LogP contribution in [0.15, 0.2) is 29.2 Å². The van der Waals surface area contributed by atoms with Crippen molar-refractivity contribution in [2.45, 2.75) is 11.8 Å². The molecule has 7 nitrogen and oxygen atoms in total. The summed E-state index contributed by atoms with van der Waals surface area (Å²) in [6.07, 6.45) is 0. The van der Waals surface area contributed by atoms with Crippen LogP contribution in [0.5, 0.6) is 0 Å². The number of methoxy groups -OCH3 is 1. The maximum absolute atomic E-state index is 11.7. The van der Waals surface area contributed by atoms with Crippen molar-refractivity contribution in [3.05, 3.63) is 24.3 Å². The van der Waals surface area contributed by atoms with Crippen molar-refractivity contribution in [2.24, 2.45) is 0 Å². The molecule has 0 radical (unpaired) electrons. The first-order valence-electron chi connectivity index (χ1n) is 6.59. The molecule has 0 aliphatic rings. The minimum absolute atomic E-state index is 0.167. The standard InChI is InChI=1S/C13H21N3O4S/c1-3-15-21(18,19)12-6-4-11(5-7-12)16-13(17)10-14-8-9-20-2/h4-7,14-15H,3,8-10H2,1-2H3,(H,16,17). The fraction of sp³-hybridized carbons (Fsp3) is 0.462. The van der Waals surface area contributed by atoms with E-state index in [0.717, 1.165) is 0 Å². The van der Waals surface area contributed by atoms with Gasteiger partial charge >= 0.3 is 0 Å². The zero-order valence-electron chi connectivity index (χ0n) is 12.2. The molecule has 0 saturated heterocycles. The molecule has 21 heavy (non-hydrogen) atoms. The van der Waals surface area contributed by atoms with Crippen LogP contribution in [-0.2, 0) is 19.6 Å². The van der Waals surface area contributed by atoms with Gasteiger partial charge in [-0.2, -0.15) is 0 Å². The van der Waals surface area contributed by atoms with Gasteiger partial charge in [-0.05, 0) is 24.3 Å². The van der Waals surface area contributed by atoms with Crippen LogP contribution in [0.4, 0.5) is 5.69 Å². The zero-order valence-corrected chi connectivity index (χ0v) is 13.0. The highest BCUT2D eigenvalue weighted by molar-refractivity contribution is 7.89. The van der Waals surface area contributed by atoms with Crippen LogP contribution in [0.2, 0.25) is 0 Å². The second-order valence-corrected chi connectivity index (χ2v) is 6.01. The lowest BCUT2D eigenvalue weighted by Gasteiger charge is -2.08. The molecule has 0 aromatic heterocycles. The Morgan fingerprint density at radius 1 is 1.24 bits per heavy atom. The number of sulfonamides is 1. The van der Waals surface area contributed by atoms with E-state index in [1.807, 2.05) is 0 Å². The Morgan fingerprint density at radius 3 is 2.48 bits per heavy atom. The molecule has 0 saturated carbocycles. The first-order valence-corrected chi connectivity index (χ1v) is 8.07. The van der Waals surface area contributed by atoms with Gasteiger partial charge in [0, 0.05) is 25.9 Å². The molecule has 0 heterocycles. The maximum atomic E-state index is 11.7. The van der Waals surface area contributed by atoms with E-state index in [1.165, 1.54) is 12.1 Å². The summed E-state index contributed by atoms with van der Waals surface area (Å²) in [6, 6.07) is 6.01. The van der Waals surface area contributed by atoms with E-state index in [2.05, 4.69) is 15.4 Å². The van der Waals surface area contributed by atoms with E-state index in [9.17, 15) is 13.2 Å². The van der Waals surface area contributed by atoms with E-state index in [4.69, 9.17) is 4.74 Å². The number of hydrogen-bond acceptors (Lipinski definition) is 5. The van der Waals surface area contributed by atoms with E-state index in [1.54, 1.807) is 26.2 Å². The predicted octanol–water partition coefficient (Wildman–Crippen LogP) is 0.159. The molecule has 1 aromatic carbocycles. The number of ether oxygens (including phenoxy) is 1. The summed E-state index contributed by atoms with van der Waals surface area (Å²) in [5.74, 6) is -0.201. The van der Waals surface area contributed by atoms with Crippen LogP contribution in [0.25, 0.3) is 0 Å². The summed E-state index contributed by atoms with van der Waals surface area (Å²) < 4.78 is 30.7. The lowest BCUT2D eigenvalue weighted by Crippen LogP contribution is -2.30. The summed E-state index contributed by atoms with van der Waals surface area (Å²) in [5.41, 5.74) is 0.545. The lowest BCUT2D eigenvalue weighted by molar-refractivity contribution is -0.115. The molecule has 0 aliphatic carbocycles. The number of carbonyl (C=O) groups excluding carboxylic acids is 1. The molecule has 118 valence electrons. The Balaban J connectivity index is 2.53. The average molecular weight is 315 g/mol. The van der Waals surface area contributed by atoms with Gasteiger partial charge in [0.2, 0.25) is 15.9 Å². The topological polar surface area (TPSA) is 96.5 Å². The van der Waals surface area contributed by atoms with Crippen molar-refractivity contribution >= 4 is 21.6 Å². The summed E-state index contributed by atoms with van der Waals surface area (Å²) in [7, 11) is -1.88. The largest absolute Gasteiger partial charge is 0.383 e. The van der Waals surface area contributed by atoms with E-state index >= 15 is 0 Å². The molecular formula is C13H21N3O4S.